The van der Waals surface area contributed by atoms with E-state index in [4.69, 9.17) is 75.0 Å². The zero-order valence-electron chi connectivity index (χ0n) is 14.0. The van der Waals surface area contributed by atoms with Gasteiger partial charge >= 0.3 is 6.09 Å². The molecule has 3 N–H and O–H groups in total. The molecule has 1 atom stereocenters. The minimum Gasteiger partial charge on any atom is -0.445 e. The lowest BCUT2D eigenvalue weighted by molar-refractivity contribution is 0.135. The summed E-state index contributed by atoms with van der Waals surface area (Å²) < 4.78 is 3.21. The zero-order chi connectivity index (χ0) is 20.7. The summed E-state index contributed by atoms with van der Waals surface area (Å²) in [5.74, 6) is 0. The average molecular weight is 502 g/mol. The number of rotatable bonds is 5. The topological polar surface area (TPSA) is 62.4 Å². The van der Waals surface area contributed by atoms with Gasteiger partial charge in [0.15, 0.2) is 11.3 Å². The number of ether oxygens (including phenoxy) is 1. The fourth-order valence-corrected chi connectivity index (χ4v) is 2.97. The van der Waals surface area contributed by atoms with E-state index in [1.54, 1.807) is 18.2 Å². The number of thiocarbonyl (C=S) groups is 1. The molecule has 28 heavy (non-hydrogen) atoms. The molecule has 0 aliphatic heterocycles. The predicted octanol–water partition coefficient (Wildman–Crippen LogP) is 5.90. The molecule has 0 aliphatic carbocycles. The van der Waals surface area contributed by atoms with E-state index in [0.717, 1.165) is 5.56 Å². The number of amides is 1. The van der Waals surface area contributed by atoms with Gasteiger partial charge in [0.2, 0.25) is 3.79 Å². The van der Waals surface area contributed by atoms with Gasteiger partial charge in [0.05, 0.1) is 10.7 Å². The van der Waals surface area contributed by atoms with Gasteiger partial charge in [-0.2, -0.15) is 0 Å². The second-order valence-corrected chi connectivity index (χ2v) is 9.02. The van der Waals surface area contributed by atoms with Crippen molar-refractivity contribution in [2.24, 2.45) is 0 Å². The normalized spacial score (nSPS) is 12.0. The van der Waals surface area contributed by atoms with Crippen molar-refractivity contribution in [3.8, 4) is 0 Å². The lowest BCUT2D eigenvalue weighted by Gasteiger charge is -2.27. The Morgan fingerprint density at radius 1 is 1.07 bits per heavy atom. The third-order valence-electron chi connectivity index (χ3n) is 3.26. The molecule has 2 aromatic rings. The maximum absolute atomic E-state index is 12.1. The lowest BCUT2D eigenvalue weighted by atomic mass is 10.2. The van der Waals surface area contributed by atoms with Gasteiger partial charge in [0.25, 0.3) is 0 Å². The fraction of sp³-hybridized carbons (Fsp3) is 0.176. The molecule has 0 unspecified atom stereocenters. The number of carbonyl (C=O) groups is 1. The number of halogens is 5. The van der Waals surface area contributed by atoms with Crippen molar-refractivity contribution in [2.75, 3.05) is 5.32 Å². The highest BCUT2D eigenvalue weighted by Gasteiger charge is 2.35. The first kappa shape index (κ1) is 23.1. The molecule has 0 aliphatic rings. The summed E-state index contributed by atoms with van der Waals surface area (Å²) in [7, 11) is 0. The molecule has 11 heteroatoms. The summed E-state index contributed by atoms with van der Waals surface area (Å²) in [6.07, 6.45) is -1.97. The molecule has 2 rings (SSSR count). The van der Waals surface area contributed by atoms with Crippen LogP contribution in [0.25, 0.3) is 0 Å². The first-order valence-corrected chi connectivity index (χ1v) is 10.0. The molecule has 0 aromatic heterocycles. The van der Waals surface area contributed by atoms with Gasteiger partial charge in [-0.3, -0.25) is 5.32 Å². The van der Waals surface area contributed by atoms with Crippen LogP contribution in [0.15, 0.2) is 48.5 Å². The van der Waals surface area contributed by atoms with E-state index in [0.29, 0.717) is 15.7 Å². The monoisotopic (exact) mass is 499 g/mol. The van der Waals surface area contributed by atoms with Crippen LogP contribution in [0, 0.1) is 0 Å². The van der Waals surface area contributed by atoms with Gasteiger partial charge < -0.3 is 15.4 Å². The van der Waals surface area contributed by atoms with E-state index < -0.39 is 16.1 Å². The Kier molecular flexibility index (Phi) is 8.74. The van der Waals surface area contributed by atoms with E-state index in [2.05, 4.69) is 16.0 Å². The summed E-state index contributed by atoms with van der Waals surface area (Å²) in [5, 5.41) is 8.82. The summed E-state index contributed by atoms with van der Waals surface area (Å²) in [6.45, 7) is 0.0579. The third-order valence-corrected chi connectivity index (χ3v) is 4.68. The van der Waals surface area contributed by atoms with E-state index in [9.17, 15) is 4.79 Å². The van der Waals surface area contributed by atoms with Crippen molar-refractivity contribution < 1.29 is 9.53 Å². The Balaban J connectivity index is 1.95. The molecule has 0 saturated carbocycles. The van der Waals surface area contributed by atoms with Crippen molar-refractivity contribution in [3.05, 3.63) is 64.1 Å². The molecular weight excluding hydrogens is 488 g/mol. The standard InChI is InChI=1S/C17H14Cl5N3O2S/c18-11-6-7-13(12(19)8-11)23-15(28)24-14(17(20,21)22)25-16(26)27-9-10-4-2-1-3-5-10/h1-8,14H,9H2,(H,25,26)(H2,23,24,28)/t14-/m1/s1. The molecular formula is C17H14Cl5N3O2S. The molecule has 0 heterocycles. The Morgan fingerprint density at radius 3 is 2.36 bits per heavy atom. The Bertz CT molecular complexity index is 833. The molecule has 0 saturated heterocycles. The molecule has 0 bridgehead atoms. The van der Waals surface area contributed by atoms with Crippen LogP contribution in [-0.2, 0) is 11.3 Å². The van der Waals surface area contributed by atoms with E-state index >= 15 is 0 Å². The Hall–Kier alpha value is -1.15. The molecule has 150 valence electrons. The Morgan fingerprint density at radius 2 is 1.75 bits per heavy atom. The quantitative estimate of drug-likeness (QED) is 0.270. The van der Waals surface area contributed by atoms with Crippen molar-refractivity contribution in [2.45, 2.75) is 16.6 Å². The number of hydrogen-bond acceptors (Lipinski definition) is 3. The smallest absolute Gasteiger partial charge is 0.409 e. The van der Waals surface area contributed by atoms with Crippen molar-refractivity contribution in [1.82, 2.24) is 10.6 Å². The summed E-state index contributed by atoms with van der Waals surface area (Å²) >= 11 is 34.9. The summed E-state index contributed by atoms with van der Waals surface area (Å²) in [6, 6.07) is 13.9. The SMILES string of the molecule is O=C(N[C@@H](NC(=S)Nc1ccc(Cl)cc1Cl)C(Cl)(Cl)Cl)OCc1ccccc1. The van der Waals surface area contributed by atoms with Crippen LogP contribution >= 0.6 is 70.2 Å². The molecule has 2 aromatic carbocycles. The van der Waals surface area contributed by atoms with Crippen LogP contribution in [-0.4, -0.2) is 21.2 Å². The van der Waals surface area contributed by atoms with Crippen LogP contribution in [0.5, 0.6) is 0 Å². The van der Waals surface area contributed by atoms with Gasteiger partial charge in [0.1, 0.15) is 6.61 Å². The van der Waals surface area contributed by atoms with Crippen molar-refractivity contribution in [1.29, 1.82) is 0 Å². The molecule has 0 spiro atoms. The first-order valence-electron chi connectivity index (χ1n) is 7.71. The number of hydrogen-bond donors (Lipinski definition) is 3. The minimum atomic E-state index is -1.92. The molecule has 1 amide bonds. The number of alkyl carbamates (subject to hydrolysis) is 1. The molecule has 5 nitrogen and oxygen atoms in total. The largest absolute Gasteiger partial charge is 0.445 e. The first-order chi connectivity index (χ1) is 13.1. The lowest BCUT2D eigenvalue weighted by Crippen LogP contribution is -2.56. The fourth-order valence-electron chi connectivity index (χ4n) is 1.96. The number of carbonyl (C=O) groups excluding carboxylic acids is 1. The van der Waals surface area contributed by atoms with Crippen LogP contribution < -0.4 is 16.0 Å². The number of nitrogens with one attached hydrogen (secondary N) is 3. The third kappa shape index (κ3) is 7.70. The number of anilines is 1. The maximum atomic E-state index is 12.1. The highest BCUT2D eigenvalue weighted by atomic mass is 35.6. The minimum absolute atomic E-state index is 0.0579. The highest BCUT2D eigenvalue weighted by Crippen LogP contribution is 2.30. The zero-order valence-corrected chi connectivity index (χ0v) is 18.6. The van der Waals surface area contributed by atoms with Crippen LogP contribution in [0.4, 0.5) is 10.5 Å². The molecule has 0 radical (unpaired) electrons. The van der Waals surface area contributed by atoms with Gasteiger partial charge in [0, 0.05) is 5.02 Å². The second kappa shape index (κ2) is 10.6. The van der Waals surface area contributed by atoms with Crippen LogP contribution in [0.1, 0.15) is 5.56 Å². The highest BCUT2D eigenvalue weighted by molar-refractivity contribution is 7.80. The average Bonchev–Trinajstić information content (AvgIpc) is 2.62. The molecule has 0 fully saturated rings. The van der Waals surface area contributed by atoms with E-state index in [1.165, 1.54) is 0 Å². The van der Waals surface area contributed by atoms with Gasteiger partial charge in [-0.1, -0.05) is 88.3 Å². The van der Waals surface area contributed by atoms with Crippen molar-refractivity contribution >= 4 is 87.1 Å². The predicted molar refractivity (Wildman–Crippen MR) is 120 cm³/mol. The summed E-state index contributed by atoms with van der Waals surface area (Å²) in [4.78, 5) is 12.1. The van der Waals surface area contributed by atoms with Crippen LogP contribution in [0.2, 0.25) is 10.0 Å². The number of benzene rings is 2. The number of alkyl halides is 3. The van der Waals surface area contributed by atoms with Gasteiger partial charge in [-0.15, -0.1) is 0 Å². The van der Waals surface area contributed by atoms with Gasteiger partial charge in [-0.25, -0.2) is 4.79 Å². The van der Waals surface area contributed by atoms with E-state index in [1.807, 2.05) is 30.3 Å². The second-order valence-electron chi connectivity index (χ2n) is 5.40. The van der Waals surface area contributed by atoms with E-state index in [-0.39, 0.29) is 11.7 Å². The summed E-state index contributed by atoms with van der Waals surface area (Å²) in [5.41, 5.74) is 1.30. The maximum Gasteiger partial charge on any atom is 0.409 e. The van der Waals surface area contributed by atoms with Crippen LogP contribution in [0.3, 0.4) is 0 Å². The van der Waals surface area contributed by atoms with Crippen molar-refractivity contribution in [3.63, 3.8) is 0 Å². The van der Waals surface area contributed by atoms with Gasteiger partial charge in [-0.05, 0) is 36.0 Å². The Labute approximate surface area is 192 Å².